The first-order chi connectivity index (χ1) is 13.9. The first kappa shape index (κ1) is 19.7. The Morgan fingerprint density at radius 3 is 2.66 bits per heavy atom. The molecular weight excluding hydrogens is 388 g/mol. The number of hydrogen-bond acceptors (Lipinski definition) is 4. The first-order valence-corrected chi connectivity index (χ1v) is 10.4. The highest BCUT2D eigenvalue weighted by molar-refractivity contribution is 6.30. The normalized spacial score (nSPS) is 25.6. The van der Waals surface area contributed by atoms with Gasteiger partial charge in [-0.1, -0.05) is 11.6 Å². The molecule has 3 N–H and O–H groups in total. The fourth-order valence-corrected chi connectivity index (χ4v) is 4.81. The molecule has 2 aliphatic rings. The number of benzene rings is 1. The van der Waals surface area contributed by atoms with Crippen LogP contribution in [0.25, 0.3) is 0 Å². The van der Waals surface area contributed by atoms with Crippen molar-refractivity contribution in [3.8, 4) is 6.07 Å². The number of nitrogens with zero attached hydrogens (tertiary/aromatic N) is 4. The Labute approximate surface area is 175 Å². The lowest BCUT2D eigenvalue weighted by atomic mass is 9.80. The number of quaternary nitrogens is 1. The Morgan fingerprint density at radius 2 is 2.07 bits per heavy atom. The molecule has 0 bridgehead atoms. The lowest BCUT2D eigenvalue weighted by Crippen LogP contribution is -2.62. The molecule has 2 aromatic rings. The highest BCUT2D eigenvalue weighted by Crippen LogP contribution is 2.40. The fraction of sp³-hybridized carbons (Fsp3) is 0.476. The quantitative estimate of drug-likeness (QED) is 0.733. The molecule has 3 unspecified atom stereocenters. The van der Waals surface area contributed by atoms with Gasteiger partial charge in [0.2, 0.25) is 0 Å². The van der Waals surface area contributed by atoms with Gasteiger partial charge in [0, 0.05) is 36.2 Å². The lowest BCUT2D eigenvalue weighted by molar-refractivity contribution is -0.970. The standard InChI is InChI=1S/C21H25ClN6O/c1-28(9-2-10-28)17-7-8-19(14(11-17)12-23)27-13-18(20(24)29)21(26-27)25-16-5-3-15(22)4-6-16/h3-6,13-14,17,19H,2,7-11H2,1H3,(H2-,24,25,26,29)/p+1. The molecule has 0 radical (unpaired) electrons. The maximum absolute atomic E-state index is 12.0. The van der Waals surface area contributed by atoms with Crippen molar-refractivity contribution in [2.45, 2.75) is 37.8 Å². The number of carbonyl (C=O) groups excluding carboxylic acids is 1. The summed E-state index contributed by atoms with van der Waals surface area (Å²) in [6, 6.07) is 10.1. The topological polar surface area (TPSA) is 96.7 Å². The van der Waals surface area contributed by atoms with E-state index in [4.69, 9.17) is 17.3 Å². The largest absolute Gasteiger partial charge is 0.365 e. The van der Waals surface area contributed by atoms with Crippen LogP contribution in [-0.2, 0) is 0 Å². The van der Waals surface area contributed by atoms with Gasteiger partial charge < -0.3 is 15.5 Å². The van der Waals surface area contributed by atoms with E-state index in [1.54, 1.807) is 23.0 Å². The minimum absolute atomic E-state index is 0.0528. The van der Waals surface area contributed by atoms with Gasteiger partial charge in [-0.15, -0.1) is 0 Å². The third kappa shape index (κ3) is 3.83. The molecule has 1 amide bonds. The summed E-state index contributed by atoms with van der Waals surface area (Å²) in [5.41, 5.74) is 6.67. The maximum Gasteiger partial charge on any atom is 0.254 e. The molecule has 152 valence electrons. The van der Waals surface area contributed by atoms with E-state index in [2.05, 4.69) is 23.5 Å². The van der Waals surface area contributed by atoms with E-state index >= 15 is 0 Å². The van der Waals surface area contributed by atoms with Crippen molar-refractivity contribution < 1.29 is 9.28 Å². The van der Waals surface area contributed by atoms with Crippen molar-refractivity contribution in [2.75, 3.05) is 25.5 Å². The number of carbonyl (C=O) groups is 1. The third-order valence-electron chi connectivity index (χ3n) is 6.62. The van der Waals surface area contributed by atoms with E-state index in [9.17, 15) is 10.1 Å². The Balaban J connectivity index is 1.57. The minimum atomic E-state index is -0.548. The lowest BCUT2D eigenvalue weighted by Gasteiger charge is -2.51. The van der Waals surface area contributed by atoms with Crippen molar-refractivity contribution in [1.82, 2.24) is 9.78 Å². The molecular formula is C21H26ClN6O+. The monoisotopic (exact) mass is 413 g/mol. The molecule has 0 spiro atoms. The van der Waals surface area contributed by atoms with Gasteiger partial charge in [-0.05, 0) is 30.7 Å². The summed E-state index contributed by atoms with van der Waals surface area (Å²) in [6.07, 6.45) is 5.75. The Morgan fingerprint density at radius 1 is 1.34 bits per heavy atom. The third-order valence-corrected chi connectivity index (χ3v) is 6.87. The number of likely N-dealkylation sites (tertiary alicyclic amines) is 1. The number of halogens is 1. The molecule has 29 heavy (non-hydrogen) atoms. The Kier molecular flexibility index (Phi) is 5.24. The Bertz CT molecular complexity index is 943. The van der Waals surface area contributed by atoms with Crippen LogP contribution in [0.1, 0.15) is 42.1 Å². The minimum Gasteiger partial charge on any atom is -0.365 e. The van der Waals surface area contributed by atoms with Crippen molar-refractivity contribution in [3.63, 3.8) is 0 Å². The smallest absolute Gasteiger partial charge is 0.254 e. The zero-order valence-corrected chi connectivity index (χ0v) is 17.3. The molecule has 1 saturated heterocycles. The van der Waals surface area contributed by atoms with Gasteiger partial charge in [-0.25, -0.2) is 0 Å². The molecule has 3 atom stereocenters. The van der Waals surface area contributed by atoms with Gasteiger partial charge in [0.05, 0.1) is 44.2 Å². The van der Waals surface area contributed by atoms with Crippen molar-refractivity contribution in [1.29, 1.82) is 5.26 Å². The van der Waals surface area contributed by atoms with Gasteiger partial charge in [0.25, 0.3) is 5.91 Å². The first-order valence-electron chi connectivity index (χ1n) is 10.0. The van der Waals surface area contributed by atoms with E-state index in [1.807, 2.05) is 12.1 Å². The summed E-state index contributed by atoms with van der Waals surface area (Å²) >= 11 is 5.94. The van der Waals surface area contributed by atoms with E-state index in [-0.39, 0.29) is 12.0 Å². The molecule has 1 saturated carbocycles. The fourth-order valence-electron chi connectivity index (χ4n) is 4.68. The summed E-state index contributed by atoms with van der Waals surface area (Å²) in [4.78, 5) is 12.0. The van der Waals surface area contributed by atoms with Crippen LogP contribution in [0.4, 0.5) is 11.5 Å². The second kappa shape index (κ2) is 7.69. The summed E-state index contributed by atoms with van der Waals surface area (Å²) in [6.45, 7) is 2.41. The Hall–Kier alpha value is -2.56. The number of rotatable bonds is 5. The maximum atomic E-state index is 12.0. The van der Waals surface area contributed by atoms with Crippen LogP contribution in [0.3, 0.4) is 0 Å². The number of nitrogens with two attached hydrogens (primary N) is 1. The van der Waals surface area contributed by atoms with Gasteiger partial charge in [0.1, 0.15) is 5.56 Å². The second-order valence-electron chi connectivity index (χ2n) is 8.42. The SMILES string of the molecule is C[N+]1(C2CCC(n3cc(C(N)=O)c(Nc4ccc(Cl)cc4)n3)C(C#N)C2)CCC1. The highest BCUT2D eigenvalue weighted by atomic mass is 35.5. The van der Waals surface area contributed by atoms with Crippen LogP contribution in [0, 0.1) is 17.2 Å². The summed E-state index contributed by atoms with van der Waals surface area (Å²) < 4.78 is 2.85. The predicted octanol–water partition coefficient (Wildman–Crippen LogP) is 3.46. The average molecular weight is 414 g/mol. The molecule has 1 aromatic carbocycles. The summed E-state index contributed by atoms with van der Waals surface area (Å²) in [7, 11) is 2.30. The van der Waals surface area contributed by atoms with E-state index < -0.39 is 5.91 Å². The van der Waals surface area contributed by atoms with E-state index in [1.165, 1.54) is 19.5 Å². The number of amides is 1. The van der Waals surface area contributed by atoms with Gasteiger partial charge in [-0.3, -0.25) is 9.48 Å². The number of primary amides is 1. The van der Waals surface area contributed by atoms with Crippen molar-refractivity contribution in [3.05, 3.63) is 41.0 Å². The molecule has 1 aromatic heterocycles. The van der Waals surface area contributed by atoms with E-state index in [0.717, 1.165) is 29.4 Å². The molecule has 2 fully saturated rings. The summed E-state index contributed by atoms with van der Waals surface area (Å²) in [5, 5.41) is 18.2. The number of hydrogen-bond donors (Lipinski definition) is 2. The van der Waals surface area contributed by atoms with Crippen LogP contribution in [0.2, 0.25) is 5.02 Å². The second-order valence-corrected chi connectivity index (χ2v) is 8.85. The zero-order valence-electron chi connectivity index (χ0n) is 16.5. The van der Waals surface area contributed by atoms with Gasteiger partial charge in [0.15, 0.2) is 5.82 Å². The number of nitrogens with one attached hydrogen (secondary N) is 1. The van der Waals surface area contributed by atoms with Crippen LogP contribution in [0.15, 0.2) is 30.5 Å². The van der Waals surface area contributed by atoms with Gasteiger partial charge in [-0.2, -0.15) is 10.4 Å². The molecule has 1 aliphatic heterocycles. The van der Waals surface area contributed by atoms with Gasteiger partial charge >= 0.3 is 0 Å². The van der Waals surface area contributed by atoms with Crippen LogP contribution < -0.4 is 11.1 Å². The number of nitriles is 1. The molecule has 8 heteroatoms. The molecule has 4 rings (SSSR count). The zero-order chi connectivity index (χ0) is 20.6. The predicted molar refractivity (Wildman–Crippen MR) is 112 cm³/mol. The molecule has 2 heterocycles. The van der Waals surface area contributed by atoms with Crippen LogP contribution >= 0.6 is 11.6 Å². The summed E-state index contributed by atoms with van der Waals surface area (Å²) in [5.74, 6) is -0.276. The van der Waals surface area contributed by atoms with Crippen LogP contribution in [-0.4, -0.2) is 46.3 Å². The molecule has 1 aliphatic carbocycles. The van der Waals surface area contributed by atoms with Crippen molar-refractivity contribution in [2.24, 2.45) is 11.7 Å². The highest BCUT2D eigenvalue weighted by Gasteiger charge is 2.44. The van der Waals surface area contributed by atoms with E-state index in [0.29, 0.717) is 22.4 Å². The number of anilines is 2. The van der Waals surface area contributed by atoms with Crippen LogP contribution in [0.5, 0.6) is 0 Å². The molecule has 7 nitrogen and oxygen atoms in total. The number of aromatic nitrogens is 2. The van der Waals surface area contributed by atoms with Crippen molar-refractivity contribution >= 4 is 29.0 Å². The average Bonchev–Trinajstić information content (AvgIpc) is 3.11.